The molecule has 0 atom stereocenters. The van der Waals surface area contributed by atoms with Gasteiger partial charge in [0.15, 0.2) is 5.69 Å². The molecule has 0 aliphatic carbocycles. The van der Waals surface area contributed by atoms with Gasteiger partial charge < -0.3 is 15.0 Å². The van der Waals surface area contributed by atoms with Crippen molar-refractivity contribution in [2.45, 2.75) is 6.54 Å². The number of pyridine rings is 1. The number of carboxylic acids is 1. The second-order valence-corrected chi connectivity index (χ2v) is 4.61. The van der Waals surface area contributed by atoms with Crippen molar-refractivity contribution < 1.29 is 9.90 Å². The van der Waals surface area contributed by atoms with Gasteiger partial charge in [0.25, 0.3) is 0 Å². The lowest BCUT2D eigenvalue weighted by Crippen LogP contribution is -2.10. The molecule has 0 saturated heterocycles. The molecule has 1 aromatic carbocycles. The van der Waals surface area contributed by atoms with Gasteiger partial charge in [-0.3, -0.25) is 0 Å². The van der Waals surface area contributed by atoms with E-state index in [1.54, 1.807) is 10.8 Å². The molecule has 0 fully saturated rings. The smallest absolute Gasteiger partial charge is 0.356 e. The summed E-state index contributed by atoms with van der Waals surface area (Å²) in [6, 6.07) is 9.99. The zero-order valence-electron chi connectivity index (χ0n) is 11.2. The Bertz CT molecular complexity index is 777. The monoisotopic (exact) mass is 282 g/mol. The van der Waals surface area contributed by atoms with Crippen LogP contribution in [0, 0.1) is 0 Å². The number of aromatic nitrogens is 3. The minimum absolute atomic E-state index is 0.0540. The second-order valence-electron chi connectivity index (χ2n) is 4.61. The third-order valence-electron chi connectivity index (χ3n) is 3.19. The van der Waals surface area contributed by atoms with E-state index in [1.165, 1.54) is 12.5 Å². The van der Waals surface area contributed by atoms with Crippen molar-refractivity contribution >= 4 is 22.6 Å². The largest absolute Gasteiger partial charge is 0.476 e. The van der Waals surface area contributed by atoms with Gasteiger partial charge in [0.05, 0.1) is 6.33 Å². The number of carbonyl (C=O) groups is 1. The van der Waals surface area contributed by atoms with Crippen molar-refractivity contribution in [2.75, 3.05) is 11.9 Å². The maximum atomic E-state index is 10.8. The number of anilines is 1. The van der Waals surface area contributed by atoms with Crippen LogP contribution in [-0.4, -0.2) is 32.2 Å². The van der Waals surface area contributed by atoms with Gasteiger partial charge in [0, 0.05) is 30.9 Å². The summed E-state index contributed by atoms with van der Waals surface area (Å²) < 4.78 is 1.74. The number of imidazole rings is 1. The summed E-state index contributed by atoms with van der Waals surface area (Å²) in [6.45, 7) is 1.25. The Labute approximate surface area is 121 Å². The van der Waals surface area contributed by atoms with Crippen LogP contribution in [0.2, 0.25) is 0 Å². The van der Waals surface area contributed by atoms with Gasteiger partial charge in [-0.05, 0) is 11.5 Å². The number of nitrogens with one attached hydrogen (secondary N) is 1. The Morgan fingerprint density at radius 3 is 2.90 bits per heavy atom. The van der Waals surface area contributed by atoms with Gasteiger partial charge in [-0.15, -0.1) is 0 Å². The molecule has 0 spiro atoms. The molecular weight excluding hydrogens is 268 g/mol. The molecule has 21 heavy (non-hydrogen) atoms. The van der Waals surface area contributed by atoms with E-state index in [1.807, 2.05) is 30.3 Å². The van der Waals surface area contributed by atoms with Crippen LogP contribution in [0.25, 0.3) is 10.8 Å². The summed E-state index contributed by atoms with van der Waals surface area (Å²) in [5.74, 6) is -0.191. The van der Waals surface area contributed by atoms with E-state index in [2.05, 4.69) is 15.3 Å². The number of carboxylic acid groups (broad SMARTS) is 1. The molecule has 0 radical (unpaired) electrons. The van der Waals surface area contributed by atoms with Gasteiger partial charge in [-0.2, -0.15) is 0 Å². The van der Waals surface area contributed by atoms with Crippen LogP contribution in [0.4, 0.5) is 5.82 Å². The molecule has 3 aromatic rings. The summed E-state index contributed by atoms with van der Waals surface area (Å²) in [4.78, 5) is 18.9. The van der Waals surface area contributed by atoms with Gasteiger partial charge >= 0.3 is 5.97 Å². The minimum atomic E-state index is -1.02. The lowest BCUT2D eigenvalue weighted by Gasteiger charge is -2.08. The molecular formula is C15H14N4O2. The molecule has 3 rings (SSSR count). The van der Waals surface area contributed by atoms with E-state index >= 15 is 0 Å². The Kier molecular flexibility index (Phi) is 3.51. The normalized spacial score (nSPS) is 10.7. The average Bonchev–Trinajstić information content (AvgIpc) is 2.97. The highest BCUT2D eigenvalue weighted by Gasteiger charge is 2.06. The fraction of sp³-hybridized carbons (Fsp3) is 0.133. The minimum Gasteiger partial charge on any atom is -0.476 e. The Morgan fingerprint density at radius 1 is 1.24 bits per heavy atom. The molecule has 0 bridgehead atoms. The Balaban J connectivity index is 1.68. The van der Waals surface area contributed by atoms with Gasteiger partial charge in [0.2, 0.25) is 0 Å². The summed E-state index contributed by atoms with van der Waals surface area (Å²) >= 11 is 0. The predicted molar refractivity (Wildman–Crippen MR) is 79.4 cm³/mol. The average molecular weight is 282 g/mol. The van der Waals surface area contributed by atoms with E-state index in [-0.39, 0.29) is 5.69 Å². The molecule has 6 heteroatoms. The van der Waals surface area contributed by atoms with Crippen LogP contribution in [0.5, 0.6) is 0 Å². The van der Waals surface area contributed by atoms with Crippen molar-refractivity contribution in [2.24, 2.45) is 0 Å². The van der Waals surface area contributed by atoms with Crippen molar-refractivity contribution in [1.29, 1.82) is 0 Å². The highest BCUT2D eigenvalue weighted by atomic mass is 16.4. The quantitative estimate of drug-likeness (QED) is 0.750. The maximum Gasteiger partial charge on any atom is 0.356 e. The van der Waals surface area contributed by atoms with Crippen molar-refractivity contribution in [3.63, 3.8) is 0 Å². The standard InChI is InChI=1S/C15H14N4O2/c20-15(21)13-9-19(10-18-13)8-7-17-14-12-4-2-1-3-11(12)5-6-16-14/h1-6,9-10H,7-8H2,(H,16,17)(H,20,21). The lowest BCUT2D eigenvalue weighted by atomic mass is 10.1. The van der Waals surface area contributed by atoms with Gasteiger partial charge in [-0.25, -0.2) is 14.8 Å². The zero-order valence-corrected chi connectivity index (χ0v) is 11.2. The Morgan fingerprint density at radius 2 is 2.10 bits per heavy atom. The maximum absolute atomic E-state index is 10.8. The van der Waals surface area contributed by atoms with Crippen LogP contribution < -0.4 is 5.32 Å². The number of fused-ring (bicyclic) bond motifs is 1. The van der Waals surface area contributed by atoms with E-state index in [9.17, 15) is 4.79 Å². The lowest BCUT2D eigenvalue weighted by molar-refractivity contribution is 0.0691. The third kappa shape index (κ3) is 2.84. The number of hydrogen-bond donors (Lipinski definition) is 2. The molecule has 0 saturated carbocycles. The predicted octanol–water partition coefficient (Wildman–Crippen LogP) is 2.24. The number of nitrogens with zero attached hydrogens (tertiary/aromatic N) is 3. The molecule has 2 N–H and O–H groups in total. The molecule has 6 nitrogen and oxygen atoms in total. The number of hydrogen-bond acceptors (Lipinski definition) is 4. The SMILES string of the molecule is O=C(O)c1cn(CCNc2nccc3ccccc23)cn1. The Hall–Kier alpha value is -2.89. The van der Waals surface area contributed by atoms with Crippen LogP contribution in [0.3, 0.4) is 0 Å². The fourth-order valence-electron chi connectivity index (χ4n) is 2.16. The highest BCUT2D eigenvalue weighted by Crippen LogP contribution is 2.19. The third-order valence-corrected chi connectivity index (χ3v) is 3.19. The van der Waals surface area contributed by atoms with Crippen LogP contribution in [0.15, 0.2) is 49.1 Å². The van der Waals surface area contributed by atoms with E-state index in [0.29, 0.717) is 13.1 Å². The highest BCUT2D eigenvalue weighted by molar-refractivity contribution is 5.91. The number of benzene rings is 1. The van der Waals surface area contributed by atoms with Crippen molar-refractivity contribution in [3.05, 3.63) is 54.7 Å². The van der Waals surface area contributed by atoms with Gasteiger partial charge in [0.1, 0.15) is 5.82 Å². The first-order chi connectivity index (χ1) is 10.2. The first kappa shape index (κ1) is 13.1. The molecule has 106 valence electrons. The topological polar surface area (TPSA) is 80.0 Å². The first-order valence-corrected chi connectivity index (χ1v) is 6.57. The molecule has 2 aromatic heterocycles. The molecule has 0 amide bonds. The van der Waals surface area contributed by atoms with Crippen LogP contribution in [-0.2, 0) is 6.54 Å². The zero-order chi connectivity index (χ0) is 14.7. The fourth-order valence-corrected chi connectivity index (χ4v) is 2.16. The van der Waals surface area contributed by atoms with Crippen LogP contribution in [0.1, 0.15) is 10.5 Å². The molecule has 0 aliphatic rings. The van der Waals surface area contributed by atoms with Crippen molar-refractivity contribution in [1.82, 2.24) is 14.5 Å². The summed E-state index contributed by atoms with van der Waals surface area (Å²) in [5, 5.41) is 14.3. The van der Waals surface area contributed by atoms with Gasteiger partial charge in [-0.1, -0.05) is 24.3 Å². The first-order valence-electron chi connectivity index (χ1n) is 6.57. The van der Waals surface area contributed by atoms with E-state index < -0.39 is 5.97 Å². The molecule has 2 heterocycles. The second kappa shape index (κ2) is 5.62. The summed E-state index contributed by atoms with van der Waals surface area (Å²) in [6.07, 6.45) is 4.80. The van der Waals surface area contributed by atoms with Crippen molar-refractivity contribution in [3.8, 4) is 0 Å². The number of aromatic carboxylic acids is 1. The summed E-state index contributed by atoms with van der Waals surface area (Å²) in [5.41, 5.74) is 0.0540. The van der Waals surface area contributed by atoms with Crippen LogP contribution >= 0.6 is 0 Å². The van der Waals surface area contributed by atoms with E-state index in [0.717, 1.165) is 16.6 Å². The molecule has 0 unspecified atom stereocenters. The summed E-state index contributed by atoms with van der Waals surface area (Å²) in [7, 11) is 0. The molecule has 0 aliphatic heterocycles. The number of rotatable bonds is 5. The van der Waals surface area contributed by atoms with E-state index in [4.69, 9.17) is 5.11 Å².